The van der Waals surface area contributed by atoms with Crippen LogP contribution in [-0.4, -0.2) is 17.5 Å². The van der Waals surface area contributed by atoms with Crippen molar-refractivity contribution in [2.24, 2.45) is 0 Å². The van der Waals surface area contributed by atoms with Gasteiger partial charge in [0.1, 0.15) is 11.6 Å². The topological polar surface area (TPSA) is 37.3 Å². The minimum Gasteiger partial charge on any atom is -0.395 e. The summed E-state index contributed by atoms with van der Waals surface area (Å²) >= 11 is 0. The number of hydrogen-bond acceptors (Lipinski definition) is 2. The van der Waals surface area contributed by atoms with E-state index in [1.807, 2.05) is 30.3 Å². The number of aryl methyl sites for hydroxylation is 1. The lowest BCUT2D eigenvalue weighted by atomic mass is 9.91. The fourth-order valence-corrected chi connectivity index (χ4v) is 2.22. The molecule has 0 saturated carbocycles. The van der Waals surface area contributed by atoms with Crippen molar-refractivity contribution in [2.75, 3.05) is 6.61 Å². The van der Waals surface area contributed by atoms with E-state index < -0.39 is 11.7 Å². The maximum atomic E-state index is 13.7. The molecule has 1 N–H and O–H groups in total. The molecule has 0 aliphatic rings. The molecule has 0 amide bonds. The van der Waals surface area contributed by atoms with E-state index in [1.165, 1.54) is 6.07 Å². The van der Waals surface area contributed by atoms with Crippen LogP contribution in [0.1, 0.15) is 23.5 Å². The highest BCUT2D eigenvalue weighted by Gasteiger charge is 2.22. The third-order valence-corrected chi connectivity index (χ3v) is 3.35. The van der Waals surface area contributed by atoms with E-state index in [1.54, 1.807) is 18.2 Å². The monoisotopic (exact) mass is 272 g/mol. The van der Waals surface area contributed by atoms with E-state index in [0.717, 1.165) is 5.56 Å². The standard InChI is InChI=1S/C17H17FO2/c18-16-9-5-4-8-14(16)15(12-19)17(20)11-10-13-6-2-1-3-7-13/h1-9,15,19H,10-12H2. The number of ketones is 1. The van der Waals surface area contributed by atoms with Crippen molar-refractivity contribution >= 4 is 5.78 Å². The predicted molar refractivity (Wildman–Crippen MR) is 76.0 cm³/mol. The number of Topliss-reactive ketones (excluding diaryl/α,β-unsaturated/α-hetero) is 1. The first-order valence-electron chi connectivity index (χ1n) is 6.64. The Balaban J connectivity index is 2.05. The Morgan fingerprint density at radius 2 is 1.70 bits per heavy atom. The summed E-state index contributed by atoms with van der Waals surface area (Å²) in [6.07, 6.45) is 0.897. The van der Waals surface area contributed by atoms with Gasteiger partial charge in [-0.25, -0.2) is 4.39 Å². The first-order chi connectivity index (χ1) is 9.72. The van der Waals surface area contributed by atoms with Crippen LogP contribution in [-0.2, 0) is 11.2 Å². The van der Waals surface area contributed by atoms with E-state index >= 15 is 0 Å². The van der Waals surface area contributed by atoms with E-state index in [4.69, 9.17) is 0 Å². The Morgan fingerprint density at radius 1 is 1.05 bits per heavy atom. The molecule has 1 atom stereocenters. The first kappa shape index (κ1) is 14.4. The second-order valence-electron chi connectivity index (χ2n) is 4.71. The number of halogens is 1. The van der Waals surface area contributed by atoms with Crippen molar-refractivity contribution < 1.29 is 14.3 Å². The minimum absolute atomic E-state index is 0.138. The van der Waals surface area contributed by atoms with Crippen molar-refractivity contribution in [3.8, 4) is 0 Å². The summed E-state index contributed by atoms with van der Waals surface area (Å²) < 4.78 is 13.7. The molecule has 0 radical (unpaired) electrons. The quantitative estimate of drug-likeness (QED) is 0.877. The van der Waals surface area contributed by atoms with E-state index in [0.29, 0.717) is 12.8 Å². The van der Waals surface area contributed by atoms with Crippen molar-refractivity contribution in [1.82, 2.24) is 0 Å². The molecule has 3 heteroatoms. The molecule has 0 fully saturated rings. The van der Waals surface area contributed by atoms with Gasteiger partial charge in [0, 0.05) is 12.0 Å². The summed E-state index contributed by atoms with van der Waals surface area (Å²) in [5, 5.41) is 9.38. The molecule has 104 valence electrons. The molecule has 2 rings (SSSR count). The molecule has 2 aromatic carbocycles. The van der Waals surface area contributed by atoms with Gasteiger partial charge in [0.2, 0.25) is 0 Å². The van der Waals surface area contributed by atoms with Crippen LogP contribution in [0.5, 0.6) is 0 Å². The van der Waals surface area contributed by atoms with Crippen molar-refractivity contribution in [3.63, 3.8) is 0 Å². The summed E-state index contributed by atoms with van der Waals surface area (Å²) in [7, 11) is 0. The molecule has 0 aromatic heterocycles. The number of hydrogen-bond donors (Lipinski definition) is 1. The number of benzene rings is 2. The van der Waals surface area contributed by atoms with E-state index in [2.05, 4.69) is 0 Å². The molecule has 0 aliphatic heterocycles. The van der Waals surface area contributed by atoms with Crippen LogP contribution in [0, 0.1) is 5.82 Å². The minimum atomic E-state index is -0.778. The fraction of sp³-hybridized carbons (Fsp3) is 0.235. The van der Waals surface area contributed by atoms with Gasteiger partial charge in [-0.3, -0.25) is 4.79 Å². The lowest BCUT2D eigenvalue weighted by Crippen LogP contribution is -2.18. The summed E-state index contributed by atoms with van der Waals surface area (Å²) in [5.74, 6) is -1.36. The molecule has 0 aliphatic carbocycles. The van der Waals surface area contributed by atoms with Crippen LogP contribution in [0.25, 0.3) is 0 Å². The van der Waals surface area contributed by atoms with Gasteiger partial charge in [0.15, 0.2) is 0 Å². The first-order valence-corrected chi connectivity index (χ1v) is 6.64. The third-order valence-electron chi connectivity index (χ3n) is 3.35. The second kappa shape index (κ2) is 6.96. The molecule has 2 nitrogen and oxygen atoms in total. The lowest BCUT2D eigenvalue weighted by molar-refractivity contribution is -0.121. The van der Waals surface area contributed by atoms with Gasteiger partial charge in [0.25, 0.3) is 0 Å². The molecule has 2 aromatic rings. The van der Waals surface area contributed by atoms with E-state index in [9.17, 15) is 14.3 Å². The summed E-state index contributed by atoms with van der Waals surface area (Å²) in [6.45, 7) is -0.367. The van der Waals surface area contributed by atoms with Crippen molar-refractivity contribution in [1.29, 1.82) is 0 Å². The highest BCUT2D eigenvalue weighted by molar-refractivity contribution is 5.86. The molecular weight excluding hydrogens is 255 g/mol. The van der Waals surface area contributed by atoms with Gasteiger partial charge in [0.05, 0.1) is 12.5 Å². The second-order valence-corrected chi connectivity index (χ2v) is 4.71. The molecule has 0 bridgehead atoms. The van der Waals surface area contributed by atoms with Crippen LogP contribution in [0.15, 0.2) is 54.6 Å². The molecule has 1 unspecified atom stereocenters. The third kappa shape index (κ3) is 3.52. The Hall–Kier alpha value is -2.00. The van der Waals surface area contributed by atoms with Gasteiger partial charge >= 0.3 is 0 Å². The smallest absolute Gasteiger partial charge is 0.143 e. The van der Waals surface area contributed by atoms with Gasteiger partial charge in [-0.05, 0) is 18.1 Å². The average Bonchev–Trinajstić information content (AvgIpc) is 2.49. The normalized spacial score (nSPS) is 12.1. The van der Waals surface area contributed by atoms with Crippen molar-refractivity contribution in [3.05, 3.63) is 71.5 Å². The van der Waals surface area contributed by atoms with Gasteiger partial charge in [-0.1, -0.05) is 48.5 Å². The number of aliphatic hydroxyl groups excluding tert-OH is 1. The predicted octanol–water partition coefficient (Wildman–Crippen LogP) is 3.10. The number of aliphatic hydroxyl groups is 1. The molecule has 20 heavy (non-hydrogen) atoms. The van der Waals surface area contributed by atoms with Crippen LogP contribution >= 0.6 is 0 Å². The SMILES string of the molecule is O=C(CCc1ccccc1)C(CO)c1ccccc1F. The average molecular weight is 272 g/mol. The fourth-order valence-electron chi connectivity index (χ4n) is 2.22. The lowest BCUT2D eigenvalue weighted by Gasteiger charge is -2.14. The molecule has 0 saturated heterocycles. The molecule has 0 heterocycles. The summed E-state index contributed by atoms with van der Waals surface area (Å²) in [5.41, 5.74) is 1.33. The van der Waals surface area contributed by atoms with Gasteiger partial charge < -0.3 is 5.11 Å². The highest BCUT2D eigenvalue weighted by Crippen LogP contribution is 2.21. The molecular formula is C17H17FO2. The largest absolute Gasteiger partial charge is 0.395 e. The molecule has 0 spiro atoms. The number of rotatable bonds is 6. The van der Waals surface area contributed by atoms with Crippen LogP contribution in [0.4, 0.5) is 4.39 Å². The zero-order valence-electron chi connectivity index (χ0n) is 11.1. The van der Waals surface area contributed by atoms with Gasteiger partial charge in [-0.15, -0.1) is 0 Å². The van der Waals surface area contributed by atoms with Gasteiger partial charge in [-0.2, -0.15) is 0 Å². The Bertz CT molecular complexity index is 566. The highest BCUT2D eigenvalue weighted by atomic mass is 19.1. The summed E-state index contributed by atoms with van der Waals surface area (Å²) in [4.78, 5) is 12.2. The number of carbonyl (C=O) groups excluding carboxylic acids is 1. The Kier molecular flexibility index (Phi) is 5.02. The van der Waals surface area contributed by atoms with Crippen molar-refractivity contribution in [2.45, 2.75) is 18.8 Å². The van der Waals surface area contributed by atoms with E-state index in [-0.39, 0.29) is 18.0 Å². The van der Waals surface area contributed by atoms with Crippen LogP contribution < -0.4 is 0 Å². The summed E-state index contributed by atoms with van der Waals surface area (Å²) in [6, 6.07) is 15.8. The van der Waals surface area contributed by atoms with Crippen LogP contribution in [0.2, 0.25) is 0 Å². The number of carbonyl (C=O) groups is 1. The zero-order chi connectivity index (χ0) is 14.4. The zero-order valence-corrected chi connectivity index (χ0v) is 11.1. The van der Waals surface area contributed by atoms with Crippen LogP contribution in [0.3, 0.4) is 0 Å². The maximum absolute atomic E-state index is 13.7. The maximum Gasteiger partial charge on any atom is 0.143 e. The Morgan fingerprint density at radius 3 is 2.35 bits per heavy atom. The Labute approximate surface area is 117 Å².